The largest absolute Gasteiger partial charge is 0.443 e. The van der Waals surface area contributed by atoms with Crippen molar-refractivity contribution >= 4 is 17.0 Å². The maximum Gasteiger partial charge on any atom is 0.270 e. The normalized spacial score (nSPS) is 31.5. The predicted molar refractivity (Wildman–Crippen MR) is 76.8 cm³/mol. The zero-order valence-corrected chi connectivity index (χ0v) is 12.0. The summed E-state index contributed by atoms with van der Waals surface area (Å²) in [6, 6.07) is 2.27. The summed E-state index contributed by atoms with van der Waals surface area (Å²) in [7, 11) is 0. The Balaban J connectivity index is 1.54. The fraction of sp³-hybridized carbons (Fsp3) is 0.533. The molecule has 2 atom stereocenters. The zero-order valence-electron chi connectivity index (χ0n) is 12.0. The molecular formula is C15H18N4O2. The van der Waals surface area contributed by atoms with Gasteiger partial charge in [-0.05, 0) is 38.8 Å². The van der Waals surface area contributed by atoms with E-state index in [4.69, 9.17) is 4.42 Å². The van der Waals surface area contributed by atoms with Crippen LogP contribution in [-0.4, -0.2) is 45.9 Å². The van der Waals surface area contributed by atoms with E-state index in [1.807, 2.05) is 0 Å². The maximum atomic E-state index is 12.4. The van der Waals surface area contributed by atoms with Gasteiger partial charge in [-0.15, -0.1) is 0 Å². The average Bonchev–Trinajstić information content (AvgIpc) is 2.98. The standard InChI is InChI=1S/C15H18N4O2/c1-9-14(10-2-4-19(9)5-3-10)18-15(20)11-6-13-12(7-16-11)17-8-21-13/h6-10,14H,2-5H2,1H3,(H,18,20). The van der Waals surface area contributed by atoms with Gasteiger partial charge in [-0.1, -0.05) is 0 Å². The molecule has 5 rings (SSSR count). The second kappa shape index (κ2) is 4.80. The van der Waals surface area contributed by atoms with E-state index in [1.54, 1.807) is 12.3 Å². The van der Waals surface area contributed by atoms with Gasteiger partial charge >= 0.3 is 0 Å². The molecule has 2 aromatic rings. The van der Waals surface area contributed by atoms with Crippen LogP contribution in [0.4, 0.5) is 0 Å². The smallest absolute Gasteiger partial charge is 0.270 e. The lowest BCUT2D eigenvalue weighted by Gasteiger charge is -2.49. The third-order valence-electron chi connectivity index (χ3n) is 4.93. The first-order chi connectivity index (χ1) is 10.2. The van der Waals surface area contributed by atoms with Gasteiger partial charge in [-0.2, -0.15) is 0 Å². The molecule has 0 radical (unpaired) electrons. The molecule has 3 saturated heterocycles. The molecule has 3 aliphatic heterocycles. The molecule has 3 fully saturated rings. The highest BCUT2D eigenvalue weighted by Gasteiger charge is 2.40. The first-order valence-electron chi connectivity index (χ1n) is 7.46. The molecule has 0 aliphatic carbocycles. The van der Waals surface area contributed by atoms with E-state index < -0.39 is 0 Å². The van der Waals surface area contributed by atoms with Gasteiger partial charge in [0, 0.05) is 18.2 Å². The van der Waals surface area contributed by atoms with Crippen LogP contribution >= 0.6 is 0 Å². The number of oxazole rings is 1. The third-order valence-corrected chi connectivity index (χ3v) is 4.93. The Morgan fingerprint density at radius 1 is 1.38 bits per heavy atom. The molecule has 21 heavy (non-hydrogen) atoms. The molecule has 2 unspecified atom stereocenters. The monoisotopic (exact) mass is 286 g/mol. The summed E-state index contributed by atoms with van der Waals surface area (Å²) in [5.41, 5.74) is 1.66. The molecule has 0 spiro atoms. The van der Waals surface area contributed by atoms with Gasteiger partial charge in [0.05, 0.1) is 6.20 Å². The summed E-state index contributed by atoms with van der Waals surface area (Å²) in [4.78, 5) is 23.1. The van der Waals surface area contributed by atoms with E-state index in [-0.39, 0.29) is 11.9 Å². The van der Waals surface area contributed by atoms with Gasteiger partial charge < -0.3 is 9.73 Å². The Hall–Kier alpha value is -1.95. The van der Waals surface area contributed by atoms with Crippen LogP contribution in [0.1, 0.15) is 30.3 Å². The van der Waals surface area contributed by atoms with Gasteiger partial charge in [-0.3, -0.25) is 9.69 Å². The van der Waals surface area contributed by atoms with Crippen molar-refractivity contribution in [2.45, 2.75) is 31.8 Å². The number of hydrogen-bond acceptors (Lipinski definition) is 5. The number of carbonyl (C=O) groups is 1. The lowest BCUT2D eigenvalue weighted by Crippen LogP contribution is -2.62. The highest BCUT2D eigenvalue weighted by atomic mass is 16.3. The lowest BCUT2D eigenvalue weighted by molar-refractivity contribution is 0.0216. The van der Waals surface area contributed by atoms with Crippen molar-refractivity contribution in [1.29, 1.82) is 0 Å². The number of carbonyl (C=O) groups excluding carboxylic acids is 1. The van der Waals surface area contributed by atoms with Gasteiger partial charge in [0.15, 0.2) is 12.0 Å². The number of piperidine rings is 3. The van der Waals surface area contributed by atoms with Crippen LogP contribution in [-0.2, 0) is 0 Å². The SMILES string of the molecule is CC1C(NC(=O)c2cc3ocnc3cn2)C2CCN1CC2. The summed E-state index contributed by atoms with van der Waals surface area (Å²) >= 11 is 0. The summed E-state index contributed by atoms with van der Waals surface area (Å²) in [6.45, 7) is 4.50. The Morgan fingerprint density at radius 2 is 2.19 bits per heavy atom. The minimum absolute atomic E-state index is 0.126. The fourth-order valence-electron chi connectivity index (χ4n) is 3.66. The van der Waals surface area contributed by atoms with E-state index in [0.29, 0.717) is 28.8 Å². The Kier molecular flexibility index (Phi) is 2.92. The summed E-state index contributed by atoms with van der Waals surface area (Å²) < 4.78 is 5.23. The molecule has 3 aliphatic rings. The van der Waals surface area contributed by atoms with Crippen LogP contribution in [0.3, 0.4) is 0 Å². The number of nitrogens with zero attached hydrogens (tertiary/aromatic N) is 3. The van der Waals surface area contributed by atoms with Crippen LogP contribution in [0.2, 0.25) is 0 Å². The van der Waals surface area contributed by atoms with Crippen molar-refractivity contribution in [3.05, 3.63) is 24.4 Å². The molecular weight excluding hydrogens is 268 g/mol. The summed E-state index contributed by atoms with van der Waals surface area (Å²) in [5, 5.41) is 3.17. The van der Waals surface area contributed by atoms with Crippen LogP contribution in [0.15, 0.2) is 23.1 Å². The molecule has 1 N–H and O–H groups in total. The predicted octanol–water partition coefficient (Wildman–Crippen LogP) is 1.44. The molecule has 0 aromatic carbocycles. The molecule has 6 heteroatoms. The molecule has 1 amide bonds. The number of nitrogens with one attached hydrogen (secondary N) is 1. The molecule has 2 bridgehead atoms. The van der Waals surface area contributed by atoms with Crippen LogP contribution in [0, 0.1) is 5.92 Å². The second-order valence-corrected chi connectivity index (χ2v) is 6.00. The number of aromatic nitrogens is 2. The maximum absolute atomic E-state index is 12.4. The average molecular weight is 286 g/mol. The number of hydrogen-bond donors (Lipinski definition) is 1. The Morgan fingerprint density at radius 3 is 2.95 bits per heavy atom. The van der Waals surface area contributed by atoms with E-state index in [1.165, 1.54) is 19.2 Å². The minimum Gasteiger partial charge on any atom is -0.443 e. The van der Waals surface area contributed by atoms with E-state index >= 15 is 0 Å². The van der Waals surface area contributed by atoms with Crippen LogP contribution in [0.5, 0.6) is 0 Å². The van der Waals surface area contributed by atoms with Crippen molar-refractivity contribution in [2.24, 2.45) is 5.92 Å². The highest BCUT2D eigenvalue weighted by molar-refractivity contribution is 5.94. The summed E-state index contributed by atoms with van der Waals surface area (Å²) in [5.74, 6) is 0.460. The Bertz CT molecular complexity index is 673. The molecule has 2 aromatic heterocycles. The van der Waals surface area contributed by atoms with E-state index in [0.717, 1.165) is 13.1 Å². The fourth-order valence-corrected chi connectivity index (χ4v) is 3.66. The number of rotatable bonds is 2. The molecule has 5 heterocycles. The van der Waals surface area contributed by atoms with E-state index in [9.17, 15) is 4.79 Å². The van der Waals surface area contributed by atoms with E-state index in [2.05, 4.69) is 27.1 Å². The molecule has 0 saturated carbocycles. The number of amides is 1. The highest BCUT2D eigenvalue weighted by Crippen LogP contribution is 2.32. The topological polar surface area (TPSA) is 71.3 Å². The van der Waals surface area contributed by atoms with Crippen molar-refractivity contribution in [2.75, 3.05) is 13.1 Å². The van der Waals surface area contributed by atoms with Gasteiger partial charge in [0.25, 0.3) is 5.91 Å². The van der Waals surface area contributed by atoms with Crippen molar-refractivity contribution in [3.8, 4) is 0 Å². The van der Waals surface area contributed by atoms with Gasteiger partial charge in [0.2, 0.25) is 0 Å². The number of pyridine rings is 1. The van der Waals surface area contributed by atoms with Crippen molar-refractivity contribution < 1.29 is 9.21 Å². The Labute approximate surface area is 122 Å². The summed E-state index contributed by atoms with van der Waals surface area (Å²) in [6.07, 6.45) is 5.28. The number of fused-ring (bicyclic) bond motifs is 4. The van der Waals surface area contributed by atoms with Crippen molar-refractivity contribution in [3.63, 3.8) is 0 Å². The lowest BCUT2D eigenvalue weighted by atomic mass is 9.79. The van der Waals surface area contributed by atoms with Crippen molar-refractivity contribution in [1.82, 2.24) is 20.2 Å². The quantitative estimate of drug-likeness (QED) is 0.904. The van der Waals surface area contributed by atoms with Crippen LogP contribution < -0.4 is 5.32 Å². The third kappa shape index (κ3) is 2.10. The molecule has 6 nitrogen and oxygen atoms in total. The second-order valence-electron chi connectivity index (χ2n) is 6.00. The zero-order chi connectivity index (χ0) is 14.4. The van der Waals surface area contributed by atoms with Crippen LogP contribution in [0.25, 0.3) is 11.1 Å². The molecule has 110 valence electrons. The van der Waals surface area contributed by atoms with Gasteiger partial charge in [-0.25, -0.2) is 9.97 Å². The first kappa shape index (κ1) is 12.8. The first-order valence-corrected chi connectivity index (χ1v) is 7.46. The minimum atomic E-state index is -0.126. The van der Waals surface area contributed by atoms with Gasteiger partial charge in [0.1, 0.15) is 11.2 Å².